The van der Waals surface area contributed by atoms with Crippen molar-refractivity contribution in [2.45, 2.75) is 25.3 Å². The van der Waals surface area contributed by atoms with Crippen LogP contribution in [0.1, 0.15) is 30.0 Å². The molecule has 4 heteroatoms. The number of rotatable bonds is 0. The highest BCUT2D eigenvalue weighted by molar-refractivity contribution is 5.34. The van der Waals surface area contributed by atoms with E-state index in [0.717, 1.165) is 12.5 Å². The highest BCUT2D eigenvalue weighted by Gasteiger charge is 2.24. The van der Waals surface area contributed by atoms with Crippen molar-refractivity contribution in [3.8, 4) is 0 Å². The van der Waals surface area contributed by atoms with Crippen LogP contribution in [-0.2, 0) is 6.42 Å². The molecule has 2 rings (SSSR count). The Labute approximate surface area is 79.7 Å². The van der Waals surface area contributed by atoms with Crippen molar-refractivity contribution < 1.29 is 13.2 Å². The third-order valence-corrected chi connectivity index (χ3v) is 2.64. The molecule has 1 aromatic rings. The normalized spacial score (nSPS) is 20.7. The van der Waals surface area contributed by atoms with E-state index < -0.39 is 17.5 Å². The van der Waals surface area contributed by atoms with Crippen LogP contribution in [0.2, 0.25) is 0 Å². The zero-order valence-electron chi connectivity index (χ0n) is 7.49. The molecule has 0 fully saturated rings. The highest BCUT2D eigenvalue weighted by atomic mass is 19.2. The molecule has 1 nitrogen and oxygen atoms in total. The lowest BCUT2D eigenvalue weighted by molar-refractivity contribution is 0.426. The number of halogens is 3. The Balaban J connectivity index is 2.63. The molecule has 14 heavy (non-hydrogen) atoms. The maximum absolute atomic E-state index is 13.2. The molecule has 1 aliphatic rings. The van der Waals surface area contributed by atoms with Gasteiger partial charge in [0.2, 0.25) is 0 Å². The first-order valence-corrected chi connectivity index (χ1v) is 4.53. The zero-order valence-corrected chi connectivity index (χ0v) is 7.49. The van der Waals surface area contributed by atoms with Gasteiger partial charge in [0, 0.05) is 6.04 Å². The fourth-order valence-electron chi connectivity index (χ4n) is 1.89. The fraction of sp³-hybridized carbons (Fsp3) is 0.400. The van der Waals surface area contributed by atoms with Crippen LogP contribution in [0.5, 0.6) is 0 Å². The van der Waals surface area contributed by atoms with Gasteiger partial charge >= 0.3 is 0 Å². The molecule has 0 saturated heterocycles. The maximum Gasteiger partial charge on any atom is 0.194 e. The first-order valence-electron chi connectivity index (χ1n) is 4.53. The Bertz CT molecular complexity index is 376. The zero-order chi connectivity index (χ0) is 10.3. The molecule has 0 aromatic heterocycles. The predicted molar refractivity (Wildman–Crippen MR) is 46.2 cm³/mol. The summed E-state index contributed by atoms with van der Waals surface area (Å²) in [6.07, 6.45) is 1.85. The van der Waals surface area contributed by atoms with Crippen LogP contribution in [0.3, 0.4) is 0 Å². The average Bonchev–Trinajstić information content (AvgIpc) is 2.17. The van der Waals surface area contributed by atoms with Crippen LogP contribution in [0.25, 0.3) is 0 Å². The number of benzene rings is 1. The lowest BCUT2D eigenvalue weighted by atomic mass is 9.87. The van der Waals surface area contributed by atoms with Crippen LogP contribution in [0.15, 0.2) is 6.07 Å². The fourth-order valence-corrected chi connectivity index (χ4v) is 1.89. The SMILES string of the molecule is NC1CCCc2c1cc(F)c(F)c2F. The second kappa shape index (κ2) is 3.28. The first-order chi connectivity index (χ1) is 6.61. The number of fused-ring (bicyclic) bond motifs is 1. The Hall–Kier alpha value is -1.03. The third kappa shape index (κ3) is 1.30. The molecule has 1 aliphatic carbocycles. The molecule has 0 heterocycles. The molecule has 1 unspecified atom stereocenters. The standard InChI is InChI=1S/C10H10F3N/c11-7-4-6-5(9(12)10(7)13)2-1-3-8(6)14/h4,8H,1-3,14H2. The monoisotopic (exact) mass is 201 g/mol. The Kier molecular flexibility index (Phi) is 2.23. The second-order valence-corrected chi connectivity index (χ2v) is 3.55. The molecule has 0 spiro atoms. The largest absolute Gasteiger partial charge is 0.324 e. The first kappa shape index (κ1) is 9.52. The molecular weight excluding hydrogens is 191 g/mol. The Morgan fingerprint density at radius 1 is 1.21 bits per heavy atom. The van der Waals surface area contributed by atoms with E-state index in [0.29, 0.717) is 18.4 Å². The number of nitrogens with two attached hydrogens (primary N) is 1. The summed E-state index contributed by atoms with van der Waals surface area (Å²) in [7, 11) is 0. The summed E-state index contributed by atoms with van der Waals surface area (Å²) in [5, 5.41) is 0. The van der Waals surface area contributed by atoms with E-state index in [1.165, 1.54) is 0 Å². The van der Waals surface area contributed by atoms with Gasteiger partial charge < -0.3 is 5.73 Å². The van der Waals surface area contributed by atoms with E-state index in [1.807, 2.05) is 0 Å². The maximum atomic E-state index is 13.2. The highest BCUT2D eigenvalue weighted by Crippen LogP contribution is 2.31. The van der Waals surface area contributed by atoms with Gasteiger partial charge in [-0.2, -0.15) is 0 Å². The van der Waals surface area contributed by atoms with Crippen LogP contribution < -0.4 is 5.73 Å². The average molecular weight is 201 g/mol. The summed E-state index contributed by atoms with van der Waals surface area (Å²) in [5.41, 5.74) is 6.33. The lowest BCUT2D eigenvalue weighted by Crippen LogP contribution is -2.19. The smallest absolute Gasteiger partial charge is 0.194 e. The number of hydrogen-bond donors (Lipinski definition) is 1. The van der Waals surface area contributed by atoms with Crippen molar-refractivity contribution in [1.29, 1.82) is 0 Å². The van der Waals surface area contributed by atoms with Gasteiger partial charge in [-0.25, -0.2) is 13.2 Å². The van der Waals surface area contributed by atoms with Gasteiger partial charge in [-0.1, -0.05) is 0 Å². The minimum atomic E-state index is -1.39. The molecule has 1 aromatic carbocycles. The van der Waals surface area contributed by atoms with E-state index in [2.05, 4.69) is 0 Å². The molecule has 0 radical (unpaired) electrons. The topological polar surface area (TPSA) is 26.0 Å². The summed E-state index contributed by atoms with van der Waals surface area (Å²) in [4.78, 5) is 0. The van der Waals surface area contributed by atoms with Crippen molar-refractivity contribution in [2.75, 3.05) is 0 Å². The van der Waals surface area contributed by atoms with Crippen LogP contribution in [0, 0.1) is 17.5 Å². The number of hydrogen-bond acceptors (Lipinski definition) is 1. The molecule has 0 aliphatic heterocycles. The van der Waals surface area contributed by atoms with Gasteiger partial charge in [0.15, 0.2) is 17.5 Å². The van der Waals surface area contributed by atoms with Gasteiger partial charge in [-0.3, -0.25) is 0 Å². The summed E-state index contributed by atoms with van der Waals surface area (Å²) >= 11 is 0. The van der Waals surface area contributed by atoms with Crippen LogP contribution >= 0.6 is 0 Å². The Morgan fingerprint density at radius 2 is 1.93 bits per heavy atom. The van der Waals surface area contributed by atoms with Crippen LogP contribution in [-0.4, -0.2) is 0 Å². The quantitative estimate of drug-likeness (QED) is 0.641. The molecule has 0 bridgehead atoms. The van der Waals surface area contributed by atoms with Gasteiger partial charge in [0.05, 0.1) is 0 Å². The second-order valence-electron chi connectivity index (χ2n) is 3.55. The molecule has 0 amide bonds. The summed E-state index contributed by atoms with van der Waals surface area (Å²) < 4.78 is 39.0. The summed E-state index contributed by atoms with van der Waals surface area (Å²) in [6.45, 7) is 0. The van der Waals surface area contributed by atoms with Crippen molar-refractivity contribution >= 4 is 0 Å². The lowest BCUT2D eigenvalue weighted by Gasteiger charge is -2.22. The third-order valence-electron chi connectivity index (χ3n) is 2.64. The Morgan fingerprint density at radius 3 is 2.64 bits per heavy atom. The van der Waals surface area contributed by atoms with E-state index in [9.17, 15) is 13.2 Å². The van der Waals surface area contributed by atoms with E-state index >= 15 is 0 Å². The summed E-state index contributed by atoms with van der Waals surface area (Å²) in [6, 6.07) is 0.640. The van der Waals surface area contributed by atoms with Crippen molar-refractivity contribution in [3.05, 3.63) is 34.6 Å². The van der Waals surface area contributed by atoms with Crippen LogP contribution in [0.4, 0.5) is 13.2 Å². The molecule has 1 atom stereocenters. The molecule has 76 valence electrons. The van der Waals surface area contributed by atoms with E-state index in [4.69, 9.17) is 5.73 Å². The van der Waals surface area contributed by atoms with Crippen molar-refractivity contribution in [2.24, 2.45) is 5.73 Å². The van der Waals surface area contributed by atoms with Gasteiger partial charge in [0.25, 0.3) is 0 Å². The molecular formula is C10H10F3N. The van der Waals surface area contributed by atoms with Gasteiger partial charge in [-0.15, -0.1) is 0 Å². The summed E-state index contributed by atoms with van der Waals surface area (Å²) in [5.74, 6) is -3.62. The van der Waals surface area contributed by atoms with Crippen molar-refractivity contribution in [1.82, 2.24) is 0 Å². The molecule has 2 N–H and O–H groups in total. The van der Waals surface area contributed by atoms with Crippen molar-refractivity contribution in [3.63, 3.8) is 0 Å². The van der Waals surface area contributed by atoms with E-state index in [1.54, 1.807) is 0 Å². The molecule has 0 saturated carbocycles. The minimum Gasteiger partial charge on any atom is -0.324 e. The minimum absolute atomic E-state index is 0.239. The predicted octanol–water partition coefficient (Wildman–Crippen LogP) is 2.44. The van der Waals surface area contributed by atoms with Gasteiger partial charge in [0.1, 0.15) is 0 Å². The van der Waals surface area contributed by atoms with E-state index in [-0.39, 0.29) is 11.6 Å². The van der Waals surface area contributed by atoms with Gasteiger partial charge in [-0.05, 0) is 36.5 Å².